The van der Waals surface area contributed by atoms with Crippen LogP contribution in [0.1, 0.15) is 26.3 Å². The number of nitrogens with zero attached hydrogens (tertiary/aromatic N) is 1. The number of esters is 1. The number of rotatable bonds is 7. The summed E-state index contributed by atoms with van der Waals surface area (Å²) in [4.78, 5) is 24.3. The number of hydrogen-bond acceptors (Lipinski definition) is 6. The van der Waals surface area contributed by atoms with Gasteiger partial charge in [0.25, 0.3) is 5.91 Å². The molecule has 30 heavy (non-hydrogen) atoms. The highest BCUT2D eigenvalue weighted by atomic mass is 16.5. The van der Waals surface area contributed by atoms with Crippen molar-refractivity contribution in [2.75, 3.05) is 14.2 Å². The van der Waals surface area contributed by atoms with Crippen LogP contribution >= 0.6 is 0 Å². The molecule has 152 valence electrons. The Morgan fingerprint density at radius 3 is 2.20 bits per heavy atom. The van der Waals surface area contributed by atoms with Crippen LogP contribution in [0.2, 0.25) is 0 Å². The predicted octanol–water partition coefficient (Wildman–Crippen LogP) is 3.69. The van der Waals surface area contributed by atoms with Crippen molar-refractivity contribution in [3.8, 4) is 17.2 Å². The van der Waals surface area contributed by atoms with Gasteiger partial charge in [-0.1, -0.05) is 18.2 Å². The number of benzene rings is 3. The van der Waals surface area contributed by atoms with Gasteiger partial charge in [-0.3, -0.25) is 4.79 Å². The van der Waals surface area contributed by atoms with Gasteiger partial charge in [-0.2, -0.15) is 5.10 Å². The Morgan fingerprint density at radius 2 is 1.53 bits per heavy atom. The molecule has 3 rings (SSSR count). The fourth-order valence-corrected chi connectivity index (χ4v) is 2.57. The highest BCUT2D eigenvalue weighted by Gasteiger charge is 2.10. The molecule has 1 N–H and O–H groups in total. The third kappa shape index (κ3) is 5.23. The minimum atomic E-state index is -0.431. The van der Waals surface area contributed by atoms with Gasteiger partial charge in [0.05, 0.1) is 26.0 Å². The van der Waals surface area contributed by atoms with E-state index in [-0.39, 0.29) is 5.91 Å². The number of carbonyl (C=O) groups is 2. The molecule has 7 nitrogen and oxygen atoms in total. The van der Waals surface area contributed by atoms with E-state index in [1.165, 1.54) is 20.4 Å². The highest BCUT2D eigenvalue weighted by molar-refractivity contribution is 5.95. The first-order valence-corrected chi connectivity index (χ1v) is 9.03. The maximum absolute atomic E-state index is 12.2. The molecular formula is C23H20N2O5. The lowest BCUT2D eigenvalue weighted by Gasteiger charge is -2.08. The summed E-state index contributed by atoms with van der Waals surface area (Å²) in [5.74, 6) is 0.579. The van der Waals surface area contributed by atoms with E-state index in [9.17, 15) is 9.59 Å². The molecule has 0 fully saturated rings. The molecule has 3 aromatic rings. The van der Waals surface area contributed by atoms with Crippen molar-refractivity contribution in [1.29, 1.82) is 0 Å². The van der Waals surface area contributed by atoms with Crippen LogP contribution in [0.25, 0.3) is 0 Å². The number of ether oxygens (including phenoxy) is 3. The van der Waals surface area contributed by atoms with Crippen molar-refractivity contribution >= 4 is 18.1 Å². The van der Waals surface area contributed by atoms with Gasteiger partial charge >= 0.3 is 5.97 Å². The second-order valence-electron chi connectivity index (χ2n) is 6.09. The third-order valence-corrected chi connectivity index (χ3v) is 4.13. The largest absolute Gasteiger partial charge is 0.493 e. The smallest absolute Gasteiger partial charge is 0.343 e. The van der Waals surface area contributed by atoms with Crippen molar-refractivity contribution in [1.82, 2.24) is 5.43 Å². The average Bonchev–Trinajstić information content (AvgIpc) is 2.80. The van der Waals surface area contributed by atoms with E-state index in [1.54, 1.807) is 66.7 Å². The van der Waals surface area contributed by atoms with Crippen LogP contribution in [-0.2, 0) is 0 Å². The summed E-state index contributed by atoms with van der Waals surface area (Å²) in [5, 5.41) is 3.95. The summed E-state index contributed by atoms with van der Waals surface area (Å²) in [6.45, 7) is 0. The Balaban J connectivity index is 1.57. The summed E-state index contributed by atoms with van der Waals surface area (Å²) < 4.78 is 15.7. The molecule has 1 amide bonds. The van der Waals surface area contributed by atoms with Gasteiger partial charge in [0.2, 0.25) is 0 Å². The Labute approximate surface area is 173 Å². The molecule has 0 saturated heterocycles. The zero-order chi connectivity index (χ0) is 21.3. The first-order valence-electron chi connectivity index (χ1n) is 9.03. The normalized spacial score (nSPS) is 10.5. The quantitative estimate of drug-likeness (QED) is 0.281. The van der Waals surface area contributed by atoms with Crippen molar-refractivity contribution in [2.45, 2.75) is 0 Å². The fourth-order valence-electron chi connectivity index (χ4n) is 2.57. The molecule has 0 spiro atoms. The van der Waals surface area contributed by atoms with Crippen molar-refractivity contribution in [2.24, 2.45) is 5.10 Å². The van der Waals surface area contributed by atoms with Gasteiger partial charge < -0.3 is 14.2 Å². The molecule has 3 aromatic carbocycles. The zero-order valence-electron chi connectivity index (χ0n) is 16.5. The number of carbonyl (C=O) groups excluding carboxylic acids is 2. The van der Waals surface area contributed by atoms with Crippen LogP contribution < -0.4 is 19.6 Å². The summed E-state index contributed by atoms with van der Waals surface area (Å²) >= 11 is 0. The maximum Gasteiger partial charge on any atom is 0.343 e. The van der Waals surface area contributed by atoms with Gasteiger partial charge in [0.15, 0.2) is 11.5 Å². The van der Waals surface area contributed by atoms with Crippen LogP contribution in [0, 0.1) is 0 Å². The number of amides is 1. The fraction of sp³-hybridized carbons (Fsp3) is 0.0870. The van der Waals surface area contributed by atoms with Gasteiger partial charge in [0, 0.05) is 5.56 Å². The van der Waals surface area contributed by atoms with Crippen LogP contribution in [0.4, 0.5) is 0 Å². The van der Waals surface area contributed by atoms with Crippen molar-refractivity contribution in [3.63, 3.8) is 0 Å². The lowest BCUT2D eigenvalue weighted by atomic mass is 10.2. The minimum Gasteiger partial charge on any atom is -0.493 e. The lowest BCUT2D eigenvalue weighted by Crippen LogP contribution is -2.17. The van der Waals surface area contributed by atoms with E-state index in [4.69, 9.17) is 14.2 Å². The molecule has 0 aliphatic rings. The monoisotopic (exact) mass is 404 g/mol. The van der Waals surface area contributed by atoms with Crippen molar-refractivity contribution < 1.29 is 23.8 Å². The molecule has 0 unspecified atom stereocenters. The molecular weight excluding hydrogens is 384 g/mol. The molecule has 0 saturated carbocycles. The van der Waals surface area contributed by atoms with Gasteiger partial charge in [-0.05, 0) is 60.2 Å². The number of hydrazone groups is 1. The Kier molecular flexibility index (Phi) is 6.78. The minimum absolute atomic E-state index is 0.382. The number of nitrogens with one attached hydrogen (secondary N) is 1. The summed E-state index contributed by atoms with van der Waals surface area (Å²) in [7, 11) is 3.02. The molecule has 0 aliphatic carbocycles. The summed E-state index contributed by atoms with van der Waals surface area (Å²) in [6, 6.07) is 20.3. The van der Waals surface area contributed by atoms with E-state index >= 15 is 0 Å². The standard InChI is InChI=1S/C23H20N2O5/c1-28-20-13-10-18(14-21(20)29-2)22(26)25-24-15-16-8-11-19(12-9-16)30-23(27)17-6-4-3-5-7-17/h3-15H,1-2H3,(H,25,26). The van der Waals surface area contributed by atoms with E-state index in [0.29, 0.717) is 28.4 Å². The van der Waals surface area contributed by atoms with Crippen LogP contribution in [0.5, 0.6) is 17.2 Å². The first kappa shape index (κ1) is 20.6. The van der Waals surface area contributed by atoms with Crippen LogP contribution in [-0.4, -0.2) is 32.3 Å². The van der Waals surface area contributed by atoms with Crippen LogP contribution in [0.15, 0.2) is 77.9 Å². The molecule has 0 aromatic heterocycles. The molecule has 0 radical (unpaired) electrons. The Hall–Kier alpha value is -4.13. The number of hydrogen-bond donors (Lipinski definition) is 1. The average molecular weight is 404 g/mol. The van der Waals surface area contributed by atoms with E-state index in [2.05, 4.69) is 10.5 Å². The SMILES string of the molecule is COc1ccc(C(=O)NN=Cc2ccc(OC(=O)c3ccccc3)cc2)cc1OC. The predicted molar refractivity (Wildman–Crippen MR) is 112 cm³/mol. The lowest BCUT2D eigenvalue weighted by molar-refractivity contribution is 0.0734. The van der Waals surface area contributed by atoms with Crippen LogP contribution in [0.3, 0.4) is 0 Å². The summed E-state index contributed by atoms with van der Waals surface area (Å²) in [6.07, 6.45) is 1.49. The molecule has 0 heterocycles. The molecule has 0 bridgehead atoms. The van der Waals surface area contributed by atoms with Crippen molar-refractivity contribution in [3.05, 3.63) is 89.5 Å². The topological polar surface area (TPSA) is 86.2 Å². The van der Waals surface area contributed by atoms with Gasteiger partial charge in [-0.25, -0.2) is 10.2 Å². The zero-order valence-corrected chi connectivity index (χ0v) is 16.5. The second kappa shape index (κ2) is 9.88. The van der Waals surface area contributed by atoms with Gasteiger partial charge in [0.1, 0.15) is 5.75 Å². The summed E-state index contributed by atoms with van der Waals surface area (Å²) in [5.41, 5.74) is 4.03. The second-order valence-corrected chi connectivity index (χ2v) is 6.09. The first-order chi connectivity index (χ1) is 14.6. The van der Waals surface area contributed by atoms with E-state index in [1.807, 2.05) is 6.07 Å². The Morgan fingerprint density at radius 1 is 0.833 bits per heavy atom. The maximum atomic E-state index is 12.2. The van der Waals surface area contributed by atoms with Gasteiger partial charge in [-0.15, -0.1) is 0 Å². The highest BCUT2D eigenvalue weighted by Crippen LogP contribution is 2.27. The molecule has 7 heteroatoms. The third-order valence-electron chi connectivity index (χ3n) is 4.13. The number of methoxy groups -OCH3 is 2. The van der Waals surface area contributed by atoms with E-state index in [0.717, 1.165) is 5.56 Å². The molecule has 0 aliphatic heterocycles. The Bertz CT molecular complexity index is 1050. The molecule has 0 atom stereocenters. The van der Waals surface area contributed by atoms with E-state index < -0.39 is 5.97 Å².